The van der Waals surface area contributed by atoms with E-state index in [-0.39, 0.29) is 5.60 Å². The highest BCUT2D eigenvalue weighted by Crippen LogP contribution is 2.42. The molecule has 2 heterocycles. The van der Waals surface area contributed by atoms with Crippen molar-refractivity contribution in [1.29, 1.82) is 0 Å². The first kappa shape index (κ1) is 6.63. The Labute approximate surface area is 71.5 Å². The third-order valence-corrected chi connectivity index (χ3v) is 2.94. The zero-order valence-electron chi connectivity index (χ0n) is 6.79. The molecular formula is C10H11NO. The summed E-state index contributed by atoms with van der Waals surface area (Å²) in [4.78, 5) is 0. The SMILES string of the molecule is c1ccc(C23CN[C@@H]2CO3)cc1. The summed E-state index contributed by atoms with van der Waals surface area (Å²) >= 11 is 0. The molecule has 2 fully saturated rings. The molecule has 2 aliphatic heterocycles. The summed E-state index contributed by atoms with van der Waals surface area (Å²) in [7, 11) is 0. The molecule has 1 N–H and O–H groups in total. The molecule has 0 saturated carbocycles. The molecule has 2 saturated heterocycles. The molecular weight excluding hydrogens is 150 g/mol. The molecule has 2 heteroatoms. The Balaban J connectivity index is 1.99. The maximum absolute atomic E-state index is 5.64. The van der Waals surface area contributed by atoms with Crippen LogP contribution in [-0.4, -0.2) is 19.2 Å². The maximum Gasteiger partial charge on any atom is 0.123 e. The van der Waals surface area contributed by atoms with E-state index in [1.54, 1.807) is 0 Å². The van der Waals surface area contributed by atoms with Gasteiger partial charge in [-0.25, -0.2) is 0 Å². The lowest BCUT2D eigenvalue weighted by Crippen LogP contribution is -2.76. The molecule has 0 radical (unpaired) electrons. The van der Waals surface area contributed by atoms with Crippen molar-refractivity contribution in [1.82, 2.24) is 5.32 Å². The summed E-state index contributed by atoms with van der Waals surface area (Å²) in [6.07, 6.45) is 0. The van der Waals surface area contributed by atoms with Crippen molar-refractivity contribution in [2.75, 3.05) is 13.2 Å². The first-order valence-corrected chi connectivity index (χ1v) is 4.35. The van der Waals surface area contributed by atoms with Crippen molar-refractivity contribution in [3.8, 4) is 0 Å². The number of rotatable bonds is 1. The molecule has 12 heavy (non-hydrogen) atoms. The van der Waals surface area contributed by atoms with Crippen LogP contribution in [0.25, 0.3) is 0 Å². The van der Waals surface area contributed by atoms with Crippen molar-refractivity contribution < 1.29 is 4.74 Å². The number of nitrogens with one attached hydrogen (secondary N) is 1. The second kappa shape index (κ2) is 2.09. The van der Waals surface area contributed by atoms with Gasteiger partial charge in [-0.2, -0.15) is 0 Å². The molecule has 0 bridgehead atoms. The van der Waals surface area contributed by atoms with Crippen molar-refractivity contribution in [3.63, 3.8) is 0 Å². The Morgan fingerprint density at radius 2 is 2.17 bits per heavy atom. The van der Waals surface area contributed by atoms with Crippen LogP contribution in [-0.2, 0) is 10.3 Å². The van der Waals surface area contributed by atoms with Gasteiger partial charge in [0.1, 0.15) is 5.60 Å². The minimum atomic E-state index is 0.0429. The summed E-state index contributed by atoms with van der Waals surface area (Å²) in [5.41, 5.74) is 1.36. The highest BCUT2D eigenvalue weighted by Gasteiger charge is 2.56. The molecule has 62 valence electrons. The van der Waals surface area contributed by atoms with Gasteiger partial charge < -0.3 is 10.1 Å². The summed E-state index contributed by atoms with van der Waals surface area (Å²) in [6, 6.07) is 11.0. The van der Waals surface area contributed by atoms with E-state index in [0.717, 1.165) is 13.2 Å². The fourth-order valence-electron chi connectivity index (χ4n) is 2.02. The quantitative estimate of drug-likeness (QED) is 0.660. The van der Waals surface area contributed by atoms with E-state index in [9.17, 15) is 0 Å². The molecule has 2 atom stereocenters. The monoisotopic (exact) mass is 161 g/mol. The fourth-order valence-corrected chi connectivity index (χ4v) is 2.02. The molecule has 1 aromatic rings. The second-order valence-electron chi connectivity index (χ2n) is 3.50. The normalized spacial score (nSPS) is 37.8. The zero-order valence-corrected chi connectivity index (χ0v) is 6.79. The average molecular weight is 161 g/mol. The van der Waals surface area contributed by atoms with Gasteiger partial charge >= 0.3 is 0 Å². The molecule has 1 unspecified atom stereocenters. The predicted molar refractivity (Wildman–Crippen MR) is 45.9 cm³/mol. The molecule has 0 aliphatic carbocycles. The van der Waals surface area contributed by atoms with Gasteiger partial charge in [0.2, 0.25) is 0 Å². The van der Waals surface area contributed by atoms with Gasteiger partial charge in [-0.3, -0.25) is 0 Å². The van der Waals surface area contributed by atoms with E-state index in [1.165, 1.54) is 5.56 Å². The molecule has 1 aromatic carbocycles. The number of fused-ring (bicyclic) bond motifs is 1. The number of ether oxygens (including phenoxy) is 1. The lowest BCUT2D eigenvalue weighted by atomic mass is 9.76. The summed E-state index contributed by atoms with van der Waals surface area (Å²) in [5, 5.41) is 3.36. The van der Waals surface area contributed by atoms with Gasteiger partial charge in [-0.15, -0.1) is 0 Å². The number of hydrogen-bond acceptors (Lipinski definition) is 2. The number of benzene rings is 1. The van der Waals surface area contributed by atoms with Crippen LogP contribution in [0.2, 0.25) is 0 Å². The highest BCUT2D eigenvalue weighted by molar-refractivity contribution is 5.31. The highest BCUT2D eigenvalue weighted by atomic mass is 16.5. The summed E-state index contributed by atoms with van der Waals surface area (Å²) < 4.78 is 5.64. The molecule has 0 aromatic heterocycles. The first-order chi connectivity index (χ1) is 5.92. The Kier molecular flexibility index (Phi) is 1.15. The Hall–Kier alpha value is -0.860. The smallest absolute Gasteiger partial charge is 0.123 e. The lowest BCUT2D eigenvalue weighted by Gasteiger charge is -2.58. The summed E-state index contributed by atoms with van der Waals surface area (Å²) in [6.45, 7) is 1.84. The molecule has 0 amide bonds. The van der Waals surface area contributed by atoms with E-state index in [1.807, 2.05) is 6.07 Å². The number of morpholine rings is 1. The van der Waals surface area contributed by atoms with Crippen molar-refractivity contribution in [3.05, 3.63) is 35.9 Å². The third-order valence-electron chi connectivity index (χ3n) is 2.94. The standard InChI is InChI=1S/C10H11NO/c1-2-4-8(5-3-1)10-7-11-9(10)6-12-10/h1-5,9,11H,6-7H2/t9-,10?/m1/s1. The largest absolute Gasteiger partial charge is 0.365 e. The van der Waals surface area contributed by atoms with Crippen LogP contribution in [0.4, 0.5) is 0 Å². The van der Waals surface area contributed by atoms with Crippen molar-refractivity contribution in [2.24, 2.45) is 0 Å². The number of hydrogen-bond donors (Lipinski definition) is 1. The minimum absolute atomic E-state index is 0.0429. The van der Waals surface area contributed by atoms with Crippen molar-refractivity contribution >= 4 is 0 Å². The van der Waals surface area contributed by atoms with Crippen LogP contribution in [0.3, 0.4) is 0 Å². The Morgan fingerprint density at radius 3 is 2.58 bits per heavy atom. The van der Waals surface area contributed by atoms with E-state index in [4.69, 9.17) is 4.74 Å². The van der Waals surface area contributed by atoms with Crippen molar-refractivity contribution in [2.45, 2.75) is 11.6 Å². The van der Waals surface area contributed by atoms with Crippen LogP contribution < -0.4 is 5.32 Å². The van der Waals surface area contributed by atoms with Crippen LogP contribution >= 0.6 is 0 Å². The van der Waals surface area contributed by atoms with Crippen LogP contribution in [0.15, 0.2) is 30.3 Å². The minimum Gasteiger partial charge on any atom is -0.365 e. The van der Waals surface area contributed by atoms with E-state index in [2.05, 4.69) is 29.6 Å². The van der Waals surface area contributed by atoms with Gasteiger partial charge in [0.25, 0.3) is 0 Å². The van der Waals surface area contributed by atoms with Gasteiger partial charge in [-0.05, 0) is 5.56 Å². The topological polar surface area (TPSA) is 21.3 Å². The van der Waals surface area contributed by atoms with Gasteiger partial charge in [0.15, 0.2) is 0 Å². The van der Waals surface area contributed by atoms with Crippen LogP contribution in [0, 0.1) is 0 Å². The van der Waals surface area contributed by atoms with Crippen LogP contribution in [0.1, 0.15) is 5.56 Å². The maximum atomic E-state index is 5.64. The second-order valence-corrected chi connectivity index (χ2v) is 3.50. The molecule has 2 nitrogen and oxygen atoms in total. The average Bonchev–Trinajstić information content (AvgIpc) is 2.12. The van der Waals surface area contributed by atoms with Gasteiger partial charge in [0, 0.05) is 6.54 Å². The van der Waals surface area contributed by atoms with E-state index >= 15 is 0 Å². The third kappa shape index (κ3) is 0.625. The molecule has 0 spiro atoms. The predicted octanol–water partition coefficient (Wildman–Crippen LogP) is 0.884. The first-order valence-electron chi connectivity index (χ1n) is 4.35. The Morgan fingerprint density at radius 1 is 1.33 bits per heavy atom. The molecule has 2 aliphatic rings. The van der Waals surface area contributed by atoms with E-state index < -0.39 is 0 Å². The molecule has 3 rings (SSSR count). The Bertz CT molecular complexity index is 288. The van der Waals surface area contributed by atoms with Crippen LogP contribution in [0.5, 0.6) is 0 Å². The van der Waals surface area contributed by atoms with E-state index in [0.29, 0.717) is 6.04 Å². The summed E-state index contributed by atoms with van der Waals surface area (Å²) in [5.74, 6) is 0. The van der Waals surface area contributed by atoms with Gasteiger partial charge in [0.05, 0.1) is 12.6 Å². The van der Waals surface area contributed by atoms with Gasteiger partial charge in [-0.1, -0.05) is 30.3 Å². The lowest BCUT2D eigenvalue weighted by molar-refractivity contribution is -0.233. The fraction of sp³-hybridized carbons (Fsp3) is 0.400. The zero-order chi connectivity index (χ0) is 8.02.